The van der Waals surface area contributed by atoms with E-state index >= 15 is 0 Å². The number of aliphatic imine (C=N–C) groups is 1. The Hall–Kier alpha value is -0.450. The maximum Gasteiger partial charge on any atom is 0.191 e. The zero-order chi connectivity index (χ0) is 17.9. The van der Waals surface area contributed by atoms with E-state index in [2.05, 4.69) is 41.4 Å². The van der Waals surface area contributed by atoms with Gasteiger partial charge in [0.2, 0.25) is 0 Å². The molecule has 150 valence electrons. The van der Waals surface area contributed by atoms with Gasteiger partial charge in [-0.1, -0.05) is 0 Å². The zero-order valence-corrected chi connectivity index (χ0v) is 19.3. The maximum absolute atomic E-state index is 5.88. The molecule has 0 spiro atoms. The second-order valence-corrected chi connectivity index (χ2v) is 7.51. The van der Waals surface area contributed by atoms with Crippen LogP contribution in [0.1, 0.15) is 41.8 Å². The third-order valence-corrected chi connectivity index (χ3v) is 5.28. The smallest absolute Gasteiger partial charge is 0.191 e. The van der Waals surface area contributed by atoms with Crippen molar-refractivity contribution in [3.8, 4) is 0 Å². The second-order valence-electron chi connectivity index (χ2n) is 6.22. The van der Waals surface area contributed by atoms with Gasteiger partial charge in [-0.15, -0.1) is 35.3 Å². The predicted molar refractivity (Wildman–Crippen MR) is 119 cm³/mol. The first-order chi connectivity index (χ1) is 12.2. The number of nitrogens with zero attached hydrogens (tertiary/aromatic N) is 2. The Balaban J connectivity index is 0.00000338. The Morgan fingerprint density at radius 1 is 1.31 bits per heavy atom. The van der Waals surface area contributed by atoms with Crippen LogP contribution >= 0.6 is 35.3 Å². The number of aryl methyl sites for hydroxylation is 2. The number of guanidine groups is 1. The van der Waals surface area contributed by atoms with Crippen molar-refractivity contribution in [2.24, 2.45) is 4.99 Å². The molecule has 0 amide bonds. The van der Waals surface area contributed by atoms with Crippen molar-refractivity contribution in [2.75, 3.05) is 39.5 Å². The molecule has 26 heavy (non-hydrogen) atoms. The van der Waals surface area contributed by atoms with Crippen LogP contribution in [0.2, 0.25) is 0 Å². The second kappa shape index (κ2) is 13.7. The fourth-order valence-corrected chi connectivity index (χ4v) is 3.56. The third-order valence-electron chi connectivity index (χ3n) is 4.14. The lowest BCUT2D eigenvalue weighted by molar-refractivity contribution is -0.0318. The molecule has 1 aromatic heterocycles. The summed E-state index contributed by atoms with van der Waals surface area (Å²) in [5.41, 5.74) is 1.14. The van der Waals surface area contributed by atoms with Gasteiger partial charge < -0.3 is 20.1 Å². The molecular formula is C18H33IN4O2S. The van der Waals surface area contributed by atoms with Gasteiger partial charge in [0.15, 0.2) is 5.96 Å². The molecule has 1 saturated heterocycles. The van der Waals surface area contributed by atoms with Crippen molar-refractivity contribution in [2.45, 2.75) is 52.6 Å². The van der Waals surface area contributed by atoms with Crippen LogP contribution in [0.25, 0.3) is 0 Å². The Bertz CT molecular complexity index is 514. The van der Waals surface area contributed by atoms with Gasteiger partial charge in [0.25, 0.3) is 0 Å². The summed E-state index contributed by atoms with van der Waals surface area (Å²) in [5, 5.41) is 7.86. The van der Waals surface area contributed by atoms with E-state index in [1.807, 2.05) is 0 Å². The number of hydrogen-bond donors (Lipinski definition) is 2. The summed E-state index contributed by atoms with van der Waals surface area (Å²) in [6.07, 6.45) is 4.27. The average Bonchev–Trinajstić information content (AvgIpc) is 2.93. The van der Waals surface area contributed by atoms with E-state index in [4.69, 9.17) is 9.47 Å². The van der Waals surface area contributed by atoms with Crippen molar-refractivity contribution < 1.29 is 9.47 Å². The fraction of sp³-hybridized carbons (Fsp3) is 0.778. The first-order valence-electron chi connectivity index (χ1n) is 9.33. The van der Waals surface area contributed by atoms with Crippen LogP contribution < -0.4 is 10.6 Å². The van der Waals surface area contributed by atoms with Gasteiger partial charge >= 0.3 is 0 Å². The highest BCUT2D eigenvalue weighted by atomic mass is 127. The monoisotopic (exact) mass is 496 g/mol. The summed E-state index contributed by atoms with van der Waals surface area (Å²) in [4.78, 5) is 10.5. The largest absolute Gasteiger partial charge is 0.381 e. The molecule has 0 unspecified atom stereocenters. The van der Waals surface area contributed by atoms with E-state index in [-0.39, 0.29) is 24.0 Å². The summed E-state index contributed by atoms with van der Waals surface area (Å²) in [6, 6.07) is 0. The van der Waals surface area contributed by atoms with Gasteiger partial charge in [0.1, 0.15) is 0 Å². The van der Waals surface area contributed by atoms with E-state index in [1.165, 1.54) is 9.88 Å². The molecule has 0 aromatic carbocycles. The fourth-order valence-electron chi connectivity index (χ4n) is 2.62. The van der Waals surface area contributed by atoms with Gasteiger partial charge in [-0.3, -0.25) is 4.99 Å². The number of ether oxygens (including phenoxy) is 2. The Labute approximate surface area is 178 Å². The summed E-state index contributed by atoms with van der Waals surface area (Å²) >= 11 is 1.78. The van der Waals surface area contributed by atoms with Crippen LogP contribution in [-0.4, -0.2) is 56.5 Å². The molecular weight excluding hydrogens is 463 g/mol. The van der Waals surface area contributed by atoms with Gasteiger partial charge in [-0.25, -0.2) is 4.98 Å². The number of hydrogen-bond acceptors (Lipinski definition) is 5. The van der Waals surface area contributed by atoms with Crippen molar-refractivity contribution in [3.63, 3.8) is 0 Å². The quantitative estimate of drug-likeness (QED) is 0.238. The molecule has 1 aliphatic rings. The van der Waals surface area contributed by atoms with Crippen LogP contribution in [0.3, 0.4) is 0 Å². The van der Waals surface area contributed by atoms with Gasteiger partial charge in [-0.05, 0) is 40.0 Å². The Kier molecular flexibility index (Phi) is 12.4. The molecule has 0 radical (unpaired) electrons. The highest BCUT2D eigenvalue weighted by Crippen LogP contribution is 2.16. The molecule has 0 saturated carbocycles. The van der Waals surface area contributed by atoms with E-state index in [0.29, 0.717) is 6.10 Å². The van der Waals surface area contributed by atoms with Crippen molar-refractivity contribution in [1.29, 1.82) is 0 Å². The van der Waals surface area contributed by atoms with Crippen LogP contribution in [0.5, 0.6) is 0 Å². The Morgan fingerprint density at radius 3 is 2.73 bits per heavy atom. The lowest BCUT2D eigenvalue weighted by atomic mass is 10.1. The molecule has 1 aliphatic heterocycles. The van der Waals surface area contributed by atoms with Crippen molar-refractivity contribution in [3.05, 3.63) is 15.6 Å². The first-order valence-corrected chi connectivity index (χ1v) is 10.1. The minimum absolute atomic E-state index is 0. The number of halogens is 1. The van der Waals surface area contributed by atoms with Crippen LogP contribution in [-0.2, 0) is 15.9 Å². The molecule has 1 aromatic rings. The summed E-state index contributed by atoms with van der Waals surface area (Å²) < 4.78 is 11.2. The Morgan fingerprint density at radius 2 is 2.08 bits per heavy atom. The minimum atomic E-state index is 0. The zero-order valence-electron chi connectivity index (χ0n) is 16.2. The molecule has 6 nitrogen and oxygen atoms in total. The number of aromatic nitrogens is 1. The van der Waals surface area contributed by atoms with Crippen molar-refractivity contribution in [1.82, 2.24) is 15.6 Å². The molecule has 2 rings (SSSR count). The van der Waals surface area contributed by atoms with Crippen LogP contribution in [0.15, 0.2) is 4.99 Å². The van der Waals surface area contributed by atoms with Gasteiger partial charge in [0.05, 0.1) is 16.8 Å². The summed E-state index contributed by atoms with van der Waals surface area (Å²) in [6.45, 7) is 11.2. The average molecular weight is 496 g/mol. The van der Waals surface area contributed by atoms with Gasteiger partial charge in [0, 0.05) is 50.8 Å². The summed E-state index contributed by atoms with van der Waals surface area (Å²) in [7, 11) is 0. The highest BCUT2D eigenvalue weighted by Gasteiger charge is 2.13. The van der Waals surface area contributed by atoms with E-state index < -0.39 is 0 Å². The molecule has 0 bridgehead atoms. The normalized spacial score (nSPS) is 15.6. The standard InChI is InChI=1S/C18H32N4O2S.HI/c1-4-19-18(21-10-6-17-22-14(2)15(3)25-17)20-9-5-11-24-16-7-12-23-13-8-16;/h16H,4-13H2,1-3H3,(H2,19,20,21);1H. The molecule has 2 heterocycles. The lowest BCUT2D eigenvalue weighted by Crippen LogP contribution is -2.38. The first kappa shape index (κ1) is 23.6. The van der Waals surface area contributed by atoms with Gasteiger partial charge in [-0.2, -0.15) is 0 Å². The van der Waals surface area contributed by atoms with Crippen LogP contribution in [0.4, 0.5) is 0 Å². The lowest BCUT2D eigenvalue weighted by Gasteiger charge is -2.22. The topological polar surface area (TPSA) is 67.8 Å². The number of nitrogens with one attached hydrogen (secondary N) is 2. The summed E-state index contributed by atoms with van der Waals surface area (Å²) in [5.74, 6) is 0.874. The molecule has 2 N–H and O–H groups in total. The molecule has 0 aliphatic carbocycles. The predicted octanol–water partition coefficient (Wildman–Crippen LogP) is 3.06. The van der Waals surface area contributed by atoms with E-state index in [0.717, 1.165) is 76.8 Å². The van der Waals surface area contributed by atoms with Crippen molar-refractivity contribution >= 4 is 41.3 Å². The molecule has 8 heteroatoms. The number of rotatable bonds is 9. The third kappa shape index (κ3) is 8.96. The van der Waals surface area contributed by atoms with E-state index in [9.17, 15) is 0 Å². The molecule has 1 fully saturated rings. The molecule has 0 atom stereocenters. The highest BCUT2D eigenvalue weighted by molar-refractivity contribution is 14.0. The maximum atomic E-state index is 5.88. The van der Waals surface area contributed by atoms with E-state index in [1.54, 1.807) is 11.3 Å². The van der Waals surface area contributed by atoms with Crippen LogP contribution in [0, 0.1) is 13.8 Å². The number of thiazole rings is 1. The SMILES string of the molecule is CCNC(=NCCCOC1CCOCC1)NCCc1nc(C)c(C)s1.I. The minimum Gasteiger partial charge on any atom is -0.381 e.